The molecule has 0 unspecified atom stereocenters. The summed E-state index contributed by atoms with van der Waals surface area (Å²) in [6, 6.07) is 6.22. The summed E-state index contributed by atoms with van der Waals surface area (Å²) >= 11 is 0. The first-order chi connectivity index (χ1) is 9.75. The zero-order valence-electron chi connectivity index (χ0n) is 12.3. The van der Waals surface area contributed by atoms with E-state index in [1.165, 1.54) is 11.1 Å². The zero-order chi connectivity index (χ0) is 14.2. The van der Waals surface area contributed by atoms with Gasteiger partial charge in [-0.05, 0) is 50.1 Å². The highest BCUT2D eigenvalue weighted by Gasteiger charge is 1.97. The molecular weight excluding hydrogens is 250 g/mol. The highest BCUT2D eigenvalue weighted by Crippen LogP contribution is 2.15. The van der Waals surface area contributed by atoms with E-state index in [9.17, 15) is 0 Å². The van der Waals surface area contributed by atoms with Crippen molar-refractivity contribution >= 4 is 0 Å². The van der Waals surface area contributed by atoms with E-state index in [0.29, 0.717) is 6.61 Å². The van der Waals surface area contributed by atoms with Gasteiger partial charge in [0.05, 0.1) is 0 Å². The van der Waals surface area contributed by atoms with Crippen molar-refractivity contribution < 1.29 is 4.74 Å². The van der Waals surface area contributed by atoms with Crippen LogP contribution in [0.4, 0.5) is 0 Å². The first kappa shape index (κ1) is 14.6. The van der Waals surface area contributed by atoms with Crippen LogP contribution < -0.4 is 10.1 Å². The summed E-state index contributed by atoms with van der Waals surface area (Å²) in [6.07, 6.45) is 5.72. The van der Waals surface area contributed by atoms with E-state index in [1.54, 1.807) is 6.20 Å². The maximum absolute atomic E-state index is 5.71. The molecule has 2 rings (SSSR count). The zero-order valence-corrected chi connectivity index (χ0v) is 12.3. The van der Waals surface area contributed by atoms with Gasteiger partial charge in [0.2, 0.25) is 0 Å². The largest absolute Gasteiger partial charge is 0.492 e. The monoisotopic (exact) mass is 273 g/mol. The van der Waals surface area contributed by atoms with E-state index < -0.39 is 0 Å². The van der Waals surface area contributed by atoms with Crippen LogP contribution in [0.5, 0.6) is 5.75 Å². The van der Waals surface area contributed by atoms with Gasteiger partial charge in [0.1, 0.15) is 18.2 Å². The summed E-state index contributed by atoms with van der Waals surface area (Å²) < 4.78 is 5.71. The summed E-state index contributed by atoms with van der Waals surface area (Å²) in [4.78, 5) is 7.30. The van der Waals surface area contributed by atoms with Gasteiger partial charge >= 0.3 is 0 Å². The molecule has 20 heavy (non-hydrogen) atoms. The van der Waals surface area contributed by atoms with Crippen molar-refractivity contribution in [3.63, 3.8) is 0 Å². The third-order valence-corrected chi connectivity index (χ3v) is 3.35. The van der Waals surface area contributed by atoms with Gasteiger partial charge in [0, 0.05) is 25.4 Å². The Hall–Kier alpha value is -1.81. The van der Waals surface area contributed by atoms with Crippen molar-refractivity contribution in [2.45, 2.75) is 26.7 Å². The smallest absolute Gasteiger partial charge is 0.119 e. The number of nitrogens with zero attached hydrogens (tertiary/aromatic N) is 1. The van der Waals surface area contributed by atoms with E-state index in [4.69, 9.17) is 4.74 Å². The van der Waals surface area contributed by atoms with Crippen LogP contribution in [0.2, 0.25) is 0 Å². The van der Waals surface area contributed by atoms with Crippen molar-refractivity contribution in [2.75, 3.05) is 19.7 Å². The maximum Gasteiger partial charge on any atom is 0.119 e. The molecule has 2 N–H and O–H groups in total. The first-order valence-electron chi connectivity index (χ1n) is 7.15. The fourth-order valence-corrected chi connectivity index (χ4v) is 1.99. The number of aromatic amines is 1. The van der Waals surface area contributed by atoms with E-state index in [-0.39, 0.29) is 0 Å². The van der Waals surface area contributed by atoms with E-state index in [2.05, 4.69) is 41.3 Å². The van der Waals surface area contributed by atoms with Crippen LogP contribution in [-0.2, 0) is 6.42 Å². The van der Waals surface area contributed by atoms with Crippen LogP contribution in [0.3, 0.4) is 0 Å². The Kier molecular flexibility index (Phi) is 5.62. The normalized spacial score (nSPS) is 10.7. The van der Waals surface area contributed by atoms with Gasteiger partial charge in [-0.25, -0.2) is 4.98 Å². The van der Waals surface area contributed by atoms with Crippen molar-refractivity contribution in [2.24, 2.45) is 0 Å². The molecule has 0 atom stereocenters. The fourth-order valence-electron chi connectivity index (χ4n) is 1.99. The van der Waals surface area contributed by atoms with Crippen LogP contribution in [-0.4, -0.2) is 29.7 Å². The maximum atomic E-state index is 5.71. The first-order valence-corrected chi connectivity index (χ1v) is 7.15. The molecule has 1 aromatic carbocycles. The van der Waals surface area contributed by atoms with Gasteiger partial charge in [-0.3, -0.25) is 0 Å². The highest BCUT2D eigenvalue weighted by molar-refractivity contribution is 5.33. The summed E-state index contributed by atoms with van der Waals surface area (Å²) in [5.41, 5.74) is 2.57. The second kappa shape index (κ2) is 7.70. The number of imidazole rings is 1. The van der Waals surface area contributed by atoms with Gasteiger partial charge in [-0.15, -0.1) is 0 Å². The summed E-state index contributed by atoms with van der Waals surface area (Å²) in [7, 11) is 0. The highest BCUT2D eigenvalue weighted by atomic mass is 16.5. The van der Waals surface area contributed by atoms with Crippen LogP contribution in [0.25, 0.3) is 0 Å². The lowest BCUT2D eigenvalue weighted by Crippen LogP contribution is -2.22. The van der Waals surface area contributed by atoms with E-state index in [1.807, 2.05) is 12.3 Å². The average Bonchev–Trinajstić information content (AvgIpc) is 2.95. The standard InChI is InChI=1S/C16H23N3O/c1-13-5-6-15(12-14(13)2)20-11-10-17-7-3-4-16-18-8-9-19-16/h5-6,8-9,12,17H,3-4,7,10-11H2,1-2H3,(H,18,19). The molecule has 1 aromatic heterocycles. The van der Waals surface area contributed by atoms with Gasteiger partial charge < -0.3 is 15.0 Å². The number of aryl methyl sites for hydroxylation is 3. The van der Waals surface area contributed by atoms with E-state index in [0.717, 1.165) is 37.5 Å². The number of rotatable bonds is 8. The Balaban J connectivity index is 1.54. The van der Waals surface area contributed by atoms with Crippen LogP contribution >= 0.6 is 0 Å². The molecule has 0 spiro atoms. The van der Waals surface area contributed by atoms with Gasteiger partial charge in [0.15, 0.2) is 0 Å². The summed E-state index contributed by atoms with van der Waals surface area (Å²) in [5.74, 6) is 2.00. The lowest BCUT2D eigenvalue weighted by atomic mass is 10.1. The molecule has 0 saturated carbocycles. The lowest BCUT2D eigenvalue weighted by molar-refractivity contribution is 0.313. The molecular formula is C16H23N3O. The Bertz CT molecular complexity index is 508. The molecule has 0 aliphatic rings. The minimum Gasteiger partial charge on any atom is -0.492 e. The summed E-state index contributed by atoms with van der Waals surface area (Å²) in [5, 5.41) is 3.38. The molecule has 108 valence electrons. The van der Waals surface area contributed by atoms with Gasteiger partial charge in [-0.1, -0.05) is 6.07 Å². The Labute approximate surface area is 120 Å². The quantitative estimate of drug-likeness (QED) is 0.727. The summed E-state index contributed by atoms with van der Waals surface area (Å²) in [6.45, 7) is 6.76. The lowest BCUT2D eigenvalue weighted by Gasteiger charge is -2.09. The van der Waals surface area contributed by atoms with Crippen molar-refractivity contribution in [3.8, 4) is 5.75 Å². The Morgan fingerprint density at radius 1 is 1.20 bits per heavy atom. The molecule has 0 aliphatic carbocycles. The Morgan fingerprint density at radius 3 is 2.85 bits per heavy atom. The Morgan fingerprint density at radius 2 is 2.10 bits per heavy atom. The van der Waals surface area contributed by atoms with E-state index >= 15 is 0 Å². The second-order valence-corrected chi connectivity index (χ2v) is 4.98. The second-order valence-electron chi connectivity index (χ2n) is 4.98. The van der Waals surface area contributed by atoms with Gasteiger partial charge in [0.25, 0.3) is 0 Å². The molecule has 0 fully saturated rings. The molecule has 0 aliphatic heterocycles. The number of benzene rings is 1. The number of ether oxygens (including phenoxy) is 1. The van der Waals surface area contributed by atoms with Crippen LogP contribution in [0.1, 0.15) is 23.4 Å². The molecule has 1 heterocycles. The predicted octanol–water partition coefficient (Wildman–Crippen LogP) is 2.63. The minimum absolute atomic E-state index is 0.698. The fraction of sp³-hybridized carbons (Fsp3) is 0.438. The molecule has 2 aromatic rings. The van der Waals surface area contributed by atoms with Crippen LogP contribution in [0.15, 0.2) is 30.6 Å². The third kappa shape index (κ3) is 4.70. The number of hydrogen-bond donors (Lipinski definition) is 2. The van der Waals surface area contributed by atoms with Crippen molar-refractivity contribution in [3.05, 3.63) is 47.5 Å². The predicted molar refractivity (Wildman–Crippen MR) is 81.2 cm³/mol. The minimum atomic E-state index is 0.698. The molecule has 0 amide bonds. The molecule has 4 heteroatoms. The number of aromatic nitrogens is 2. The topological polar surface area (TPSA) is 49.9 Å². The SMILES string of the molecule is Cc1ccc(OCCNCCCc2ncc[nH]2)cc1C. The average molecular weight is 273 g/mol. The molecule has 0 bridgehead atoms. The third-order valence-electron chi connectivity index (χ3n) is 3.35. The molecule has 0 radical (unpaired) electrons. The van der Waals surface area contributed by atoms with Crippen molar-refractivity contribution in [1.82, 2.24) is 15.3 Å². The number of hydrogen-bond acceptors (Lipinski definition) is 3. The van der Waals surface area contributed by atoms with Crippen LogP contribution in [0, 0.1) is 13.8 Å². The molecule has 4 nitrogen and oxygen atoms in total. The van der Waals surface area contributed by atoms with Gasteiger partial charge in [-0.2, -0.15) is 0 Å². The number of H-pyrrole nitrogens is 1. The number of nitrogens with one attached hydrogen (secondary N) is 2. The van der Waals surface area contributed by atoms with Crippen molar-refractivity contribution in [1.29, 1.82) is 0 Å². The molecule has 0 saturated heterocycles.